The fourth-order valence-electron chi connectivity index (χ4n) is 3.63. The number of nitrogens with zero attached hydrogens (tertiary/aromatic N) is 1. The lowest BCUT2D eigenvalue weighted by Crippen LogP contribution is -2.30. The number of hydrogen-bond acceptors (Lipinski definition) is 7. The van der Waals surface area contributed by atoms with Crippen molar-refractivity contribution in [3.8, 4) is 5.75 Å². The van der Waals surface area contributed by atoms with Crippen LogP contribution in [0.1, 0.15) is 29.1 Å². The topological polar surface area (TPSA) is 137 Å². The predicted molar refractivity (Wildman–Crippen MR) is 142 cm³/mol. The summed E-state index contributed by atoms with van der Waals surface area (Å²) in [5.74, 6) is -0.0938. The van der Waals surface area contributed by atoms with Gasteiger partial charge in [-0.25, -0.2) is 18.1 Å². The number of hydrogen-bond donors (Lipinski definition) is 3. The maximum Gasteiger partial charge on any atom is 0.255 e. The van der Waals surface area contributed by atoms with E-state index in [9.17, 15) is 13.2 Å². The molecule has 0 aliphatic carbocycles. The molecule has 4 rings (SSSR count). The zero-order valence-electron chi connectivity index (χ0n) is 19.5. The largest absolute Gasteiger partial charge is 0.484 e. The smallest absolute Gasteiger partial charge is 0.255 e. The summed E-state index contributed by atoms with van der Waals surface area (Å²) in [6.45, 7) is 1.63. The molecule has 0 saturated heterocycles. The van der Waals surface area contributed by atoms with Crippen LogP contribution in [-0.4, -0.2) is 25.9 Å². The second kappa shape index (κ2) is 10.9. The second-order valence-corrected chi connectivity index (χ2v) is 10.8. The number of sulfonamides is 1. The number of fused-ring (bicyclic) bond motifs is 1. The lowest BCUT2D eigenvalue weighted by molar-refractivity contribution is -0.119. The van der Waals surface area contributed by atoms with Gasteiger partial charge in [0.25, 0.3) is 5.91 Å². The number of ether oxygens (including phenoxy) is 1. The van der Waals surface area contributed by atoms with E-state index in [-0.39, 0.29) is 11.5 Å². The highest BCUT2D eigenvalue weighted by molar-refractivity contribution is 7.89. The molecule has 36 heavy (non-hydrogen) atoms. The molecule has 10 heteroatoms. The zero-order chi connectivity index (χ0) is 25.7. The summed E-state index contributed by atoms with van der Waals surface area (Å²) in [7, 11) is -3.82. The Labute approximate surface area is 213 Å². The van der Waals surface area contributed by atoms with Gasteiger partial charge in [0.1, 0.15) is 10.8 Å². The summed E-state index contributed by atoms with van der Waals surface area (Å²) in [5, 5.41) is 0.598. The molecule has 1 atom stereocenters. The highest BCUT2D eigenvalue weighted by Gasteiger charge is 2.25. The molecule has 8 nitrogen and oxygen atoms in total. The van der Waals surface area contributed by atoms with Crippen LogP contribution >= 0.6 is 11.3 Å². The van der Waals surface area contributed by atoms with E-state index < -0.39 is 22.0 Å². The third-order valence-electron chi connectivity index (χ3n) is 5.42. The minimum Gasteiger partial charge on any atom is -0.484 e. The fourth-order valence-corrected chi connectivity index (χ4v) is 5.97. The van der Waals surface area contributed by atoms with Gasteiger partial charge < -0.3 is 16.2 Å². The van der Waals surface area contributed by atoms with Crippen LogP contribution in [0.15, 0.2) is 83.8 Å². The van der Waals surface area contributed by atoms with Crippen molar-refractivity contribution in [1.29, 1.82) is 0 Å². The van der Waals surface area contributed by atoms with E-state index in [2.05, 4.69) is 4.72 Å². The summed E-state index contributed by atoms with van der Waals surface area (Å²) in [6, 6.07) is 20.5. The van der Waals surface area contributed by atoms with E-state index in [1.807, 2.05) is 37.3 Å². The summed E-state index contributed by atoms with van der Waals surface area (Å²) >= 11 is 1.35. The highest BCUT2D eigenvalue weighted by Crippen LogP contribution is 2.32. The Bertz CT molecular complexity index is 1520. The molecule has 0 radical (unpaired) electrons. The number of rotatable bonds is 10. The van der Waals surface area contributed by atoms with Crippen LogP contribution in [0.25, 0.3) is 15.9 Å². The SMILES string of the molecule is C/C=C(\N)c1cccc(CC(NS(=O)(=O)c2ccccc2)c2nc3ccc(OCC(N)=O)cc3s2)c1. The molecule has 0 aliphatic rings. The first kappa shape index (κ1) is 25.4. The maximum atomic E-state index is 13.2. The van der Waals surface area contributed by atoms with Gasteiger partial charge in [0.2, 0.25) is 10.0 Å². The van der Waals surface area contributed by atoms with Crippen molar-refractivity contribution in [1.82, 2.24) is 9.71 Å². The lowest BCUT2D eigenvalue weighted by atomic mass is 10.0. The molecular weight excluding hydrogens is 496 g/mol. The van der Waals surface area contributed by atoms with Crippen molar-refractivity contribution >= 4 is 43.2 Å². The Kier molecular flexibility index (Phi) is 7.68. The van der Waals surface area contributed by atoms with Gasteiger partial charge in [-0.05, 0) is 60.9 Å². The third kappa shape index (κ3) is 6.09. The number of allylic oxidation sites excluding steroid dienone is 1. The number of carbonyl (C=O) groups is 1. The first-order valence-corrected chi connectivity index (χ1v) is 13.4. The molecule has 186 valence electrons. The van der Waals surface area contributed by atoms with Gasteiger partial charge in [-0.15, -0.1) is 11.3 Å². The summed E-state index contributed by atoms with van der Waals surface area (Å²) in [6.07, 6.45) is 2.18. The number of thiazole rings is 1. The Hall–Kier alpha value is -3.73. The molecule has 0 bridgehead atoms. The van der Waals surface area contributed by atoms with Crippen molar-refractivity contribution in [2.24, 2.45) is 11.5 Å². The Balaban J connectivity index is 1.71. The highest BCUT2D eigenvalue weighted by atomic mass is 32.2. The average Bonchev–Trinajstić information content (AvgIpc) is 3.31. The van der Waals surface area contributed by atoms with Crippen LogP contribution < -0.4 is 20.9 Å². The van der Waals surface area contributed by atoms with Crippen molar-refractivity contribution in [3.05, 3.63) is 95.0 Å². The minimum absolute atomic E-state index is 0.171. The van der Waals surface area contributed by atoms with Crippen LogP contribution in [0.3, 0.4) is 0 Å². The Morgan fingerprint density at radius 3 is 2.58 bits per heavy atom. The molecule has 5 N–H and O–H groups in total. The fraction of sp³-hybridized carbons (Fsp3) is 0.154. The van der Waals surface area contributed by atoms with Crippen LogP contribution in [0.4, 0.5) is 0 Å². The molecule has 1 amide bonds. The van der Waals surface area contributed by atoms with E-state index in [4.69, 9.17) is 21.2 Å². The van der Waals surface area contributed by atoms with Gasteiger partial charge in [0, 0.05) is 5.70 Å². The Morgan fingerprint density at radius 1 is 1.08 bits per heavy atom. The van der Waals surface area contributed by atoms with Gasteiger partial charge in [-0.1, -0.05) is 42.5 Å². The van der Waals surface area contributed by atoms with Crippen molar-refractivity contribution in [2.45, 2.75) is 24.3 Å². The van der Waals surface area contributed by atoms with Crippen LogP contribution in [-0.2, 0) is 21.2 Å². The average molecular weight is 523 g/mol. The van der Waals surface area contributed by atoms with Crippen molar-refractivity contribution in [2.75, 3.05) is 6.61 Å². The molecule has 1 aromatic heterocycles. The summed E-state index contributed by atoms with van der Waals surface area (Å²) < 4.78 is 35.5. The molecule has 0 fully saturated rings. The molecular formula is C26H26N4O4S2. The second-order valence-electron chi connectivity index (χ2n) is 8.07. The molecule has 0 aliphatic heterocycles. The van der Waals surface area contributed by atoms with Gasteiger partial charge in [0.05, 0.1) is 21.2 Å². The van der Waals surface area contributed by atoms with Crippen LogP contribution in [0, 0.1) is 0 Å². The standard InChI is InChI=1S/C26H26N4O4S2/c1-2-21(27)18-8-6-7-17(13-18)14-23(30-36(32,33)20-9-4-3-5-10-20)26-29-22-12-11-19(15-24(22)35-26)34-16-25(28)31/h2-13,15,23,30H,14,16,27H2,1H3,(H2,28,31)/b21-2-. The number of primary amides is 1. The van der Waals surface area contributed by atoms with Gasteiger partial charge in [-0.2, -0.15) is 0 Å². The summed E-state index contributed by atoms with van der Waals surface area (Å²) in [5.41, 5.74) is 14.4. The zero-order valence-corrected chi connectivity index (χ0v) is 21.2. The minimum atomic E-state index is -3.82. The first-order valence-electron chi connectivity index (χ1n) is 11.2. The summed E-state index contributed by atoms with van der Waals surface area (Å²) in [4.78, 5) is 15.9. The van der Waals surface area contributed by atoms with Crippen molar-refractivity contribution in [3.63, 3.8) is 0 Å². The van der Waals surface area contributed by atoms with E-state index in [1.165, 1.54) is 11.3 Å². The van der Waals surface area contributed by atoms with E-state index in [0.29, 0.717) is 28.4 Å². The molecule has 0 saturated carbocycles. The lowest BCUT2D eigenvalue weighted by Gasteiger charge is -2.17. The monoisotopic (exact) mass is 522 g/mol. The number of nitrogens with one attached hydrogen (secondary N) is 1. The number of aromatic nitrogens is 1. The number of nitrogens with two attached hydrogens (primary N) is 2. The van der Waals surface area contributed by atoms with E-state index in [1.54, 1.807) is 48.5 Å². The third-order valence-corrected chi connectivity index (χ3v) is 8.04. The van der Waals surface area contributed by atoms with E-state index in [0.717, 1.165) is 15.8 Å². The molecule has 4 aromatic rings. The normalized spacial score (nSPS) is 13.0. The van der Waals surface area contributed by atoms with Gasteiger partial charge in [0.15, 0.2) is 6.61 Å². The maximum absolute atomic E-state index is 13.2. The van der Waals surface area contributed by atoms with Crippen molar-refractivity contribution < 1.29 is 17.9 Å². The van der Waals surface area contributed by atoms with Gasteiger partial charge in [-0.3, -0.25) is 4.79 Å². The molecule has 1 unspecified atom stereocenters. The number of benzene rings is 3. The van der Waals surface area contributed by atoms with Gasteiger partial charge >= 0.3 is 0 Å². The molecule has 1 heterocycles. The predicted octanol–water partition coefficient (Wildman–Crippen LogP) is 3.74. The number of amides is 1. The Morgan fingerprint density at radius 2 is 1.86 bits per heavy atom. The molecule has 0 spiro atoms. The molecule has 3 aromatic carbocycles. The number of carbonyl (C=O) groups excluding carboxylic acids is 1. The van der Waals surface area contributed by atoms with E-state index >= 15 is 0 Å². The first-order chi connectivity index (χ1) is 17.2. The quantitative estimate of drug-likeness (QED) is 0.290. The van der Waals surface area contributed by atoms with Crippen LogP contribution in [0.2, 0.25) is 0 Å². The van der Waals surface area contributed by atoms with Crippen LogP contribution in [0.5, 0.6) is 5.75 Å².